The summed E-state index contributed by atoms with van der Waals surface area (Å²) >= 11 is 10.0. The molecule has 4 rings (SSSR count). The second-order valence-corrected chi connectivity index (χ2v) is 9.59. The van der Waals surface area contributed by atoms with Crippen molar-refractivity contribution in [2.45, 2.75) is 19.3 Å². The zero-order chi connectivity index (χ0) is 24.8. The minimum atomic E-state index is -2.24. The number of para-hydroxylation sites is 2. The lowest BCUT2D eigenvalue weighted by molar-refractivity contribution is 0.0953. The maximum Gasteiger partial charge on any atom is 0.261 e. The van der Waals surface area contributed by atoms with Crippen LogP contribution in [-0.2, 0) is 24.1 Å². The van der Waals surface area contributed by atoms with Crippen LogP contribution < -0.4 is 9.62 Å². The molecule has 0 saturated heterocycles. The first kappa shape index (κ1) is 25.2. The molecular formula is C25H24Cl2N4O3S. The molecule has 1 aromatic heterocycles. The van der Waals surface area contributed by atoms with Crippen LogP contribution >= 0.6 is 23.2 Å². The third-order valence-corrected chi connectivity index (χ3v) is 7.16. The number of aromatic nitrogens is 2. The van der Waals surface area contributed by atoms with Crippen molar-refractivity contribution >= 4 is 57.1 Å². The summed E-state index contributed by atoms with van der Waals surface area (Å²) in [6.07, 6.45) is 1.90. The number of H-pyrrole nitrogens is 1. The van der Waals surface area contributed by atoms with E-state index in [2.05, 4.69) is 15.3 Å². The molecule has 1 atom stereocenters. The van der Waals surface area contributed by atoms with Crippen LogP contribution in [0.1, 0.15) is 28.2 Å². The third-order valence-electron chi connectivity index (χ3n) is 5.54. The van der Waals surface area contributed by atoms with Crippen molar-refractivity contribution in [3.63, 3.8) is 0 Å². The maximum absolute atomic E-state index is 12.5. The molecule has 0 radical (unpaired) electrons. The first-order valence-corrected chi connectivity index (χ1v) is 12.9. The van der Waals surface area contributed by atoms with Gasteiger partial charge in [0.2, 0.25) is 0 Å². The van der Waals surface area contributed by atoms with Crippen LogP contribution in [0, 0.1) is 0 Å². The van der Waals surface area contributed by atoms with E-state index in [9.17, 15) is 13.6 Å². The quantitative estimate of drug-likeness (QED) is 0.188. The fraction of sp³-hybridized carbons (Fsp3) is 0.200. The van der Waals surface area contributed by atoms with Crippen LogP contribution in [0.2, 0.25) is 10.0 Å². The molecule has 0 aliphatic carbocycles. The molecule has 0 spiro atoms. The number of carbonyl (C=O) groups is 1. The molecular weight excluding hydrogens is 507 g/mol. The lowest BCUT2D eigenvalue weighted by atomic mass is 10.1. The van der Waals surface area contributed by atoms with E-state index in [1.807, 2.05) is 30.3 Å². The van der Waals surface area contributed by atoms with Gasteiger partial charge in [-0.3, -0.25) is 13.7 Å². The van der Waals surface area contributed by atoms with E-state index in [1.54, 1.807) is 36.4 Å². The lowest BCUT2D eigenvalue weighted by Gasteiger charge is -2.20. The topological polar surface area (TPSA) is 98.3 Å². The normalized spacial score (nSPS) is 12.0. The summed E-state index contributed by atoms with van der Waals surface area (Å²) in [5.74, 6) is 0.685. The van der Waals surface area contributed by atoms with Crippen molar-refractivity contribution in [1.82, 2.24) is 15.3 Å². The van der Waals surface area contributed by atoms with Crippen molar-refractivity contribution < 1.29 is 13.6 Å². The Balaban J connectivity index is 1.30. The Labute approximate surface area is 215 Å². The van der Waals surface area contributed by atoms with E-state index >= 15 is 0 Å². The van der Waals surface area contributed by atoms with E-state index in [0.29, 0.717) is 34.3 Å². The number of fused-ring (bicyclic) bond motifs is 1. The highest BCUT2D eigenvalue weighted by molar-refractivity contribution is 7.80. The van der Waals surface area contributed by atoms with Gasteiger partial charge in [0.1, 0.15) is 5.82 Å². The van der Waals surface area contributed by atoms with Crippen LogP contribution in [0.4, 0.5) is 5.69 Å². The summed E-state index contributed by atoms with van der Waals surface area (Å²) in [5, 5.41) is 3.78. The number of aromatic amines is 1. The van der Waals surface area contributed by atoms with Crippen LogP contribution in [0.25, 0.3) is 11.0 Å². The van der Waals surface area contributed by atoms with Crippen LogP contribution in [0.3, 0.4) is 0 Å². The Morgan fingerprint density at radius 3 is 2.54 bits per heavy atom. The number of halogens is 2. The standard InChI is InChI=1S/C25H24Cl2N4O3S/c26-20-6-3-5-17(24(20)27)14-16-31(35(33)34)19-12-10-18(11-13-19)25(32)28-15-4-9-23-29-21-7-1-2-8-22(21)30-23/h1-3,5-8,10-13H,4,9,14-16H2,(H,28,32)(H,29,30)(H,33,34). The number of carbonyl (C=O) groups excluding carboxylic acids is 1. The summed E-state index contributed by atoms with van der Waals surface area (Å²) in [4.78, 5) is 20.3. The SMILES string of the molecule is O=C(NCCCc1nc2ccccc2[nH]1)c1ccc(N(CCc2cccc(Cl)c2Cl)S(=O)O)cc1. The number of nitrogens with zero attached hydrogens (tertiary/aromatic N) is 2. The fourth-order valence-corrected chi connectivity index (χ4v) is 4.69. The van der Waals surface area contributed by atoms with E-state index in [0.717, 1.165) is 35.3 Å². The number of imidazole rings is 1. The molecule has 182 valence electrons. The monoisotopic (exact) mass is 530 g/mol. The third kappa shape index (κ3) is 6.41. The van der Waals surface area contributed by atoms with Gasteiger partial charge in [-0.05, 0) is 60.9 Å². The molecule has 3 N–H and O–H groups in total. The average Bonchev–Trinajstić information content (AvgIpc) is 3.27. The minimum absolute atomic E-state index is 0.205. The number of rotatable bonds is 10. The fourth-order valence-electron chi connectivity index (χ4n) is 3.72. The molecule has 0 aliphatic rings. The van der Waals surface area contributed by atoms with E-state index in [4.69, 9.17) is 23.2 Å². The summed E-state index contributed by atoms with van der Waals surface area (Å²) in [6, 6.07) is 19.7. The Bertz CT molecular complexity index is 1310. The number of amides is 1. The van der Waals surface area contributed by atoms with Crippen molar-refractivity contribution in [2.24, 2.45) is 0 Å². The Morgan fingerprint density at radius 2 is 1.80 bits per heavy atom. The molecule has 0 fully saturated rings. The average molecular weight is 531 g/mol. The predicted octanol–water partition coefficient (Wildman–Crippen LogP) is 5.42. The van der Waals surface area contributed by atoms with E-state index in [1.165, 1.54) is 4.31 Å². The Kier molecular flexibility index (Phi) is 8.41. The van der Waals surface area contributed by atoms with Gasteiger partial charge in [-0.1, -0.05) is 47.5 Å². The predicted molar refractivity (Wildman–Crippen MR) is 141 cm³/mol. The number of aryl methyl sites for hydroxylation is 1. The van der Waals surface area contributed by atoms with Crippen LogP contribution in [0.15, 0.2) is 66.7 Å². The number of hydrogen-bond acceptors (Lipinski definition) is 3. The Hall–Kier alpha value is -2.91. The Morgan fingerprint density at radius 1 is 1.03 bits per heavy atom. The zero-order valence-corrected chi connectivity index (χ0v) is 21.0. The van der Waals surface area contributed by atoms with Gasteiger partial charge in [0, 0.05) is 25.1 Å². The summed E-state index contributed by atoms with van der Waals surface area (Å²) < 4.78 is 23.0. The second kappa shape index (κ2) is 11.7. The van der Waals surface area contributed by atoms with Gasteiger partial charge in [-0.2, -0.15) is 0 Å². The molecule has 0 aliphatic heterocycles. The summed E-state index contributed by atoms with van der Waals surface area (Å²) in [6.45, 7) is 0.751. The molecule has 10 heteroatoms. The molecule has 4 aromatic rings. The molecule has 1 unspecified atom stereocenters. The van der Waals surface area contributed by atoms with Gasteiger partial charge < -0.3 is 10.3 Å². The largest absolute Gasteiger partial charge is 0.352 e. The molecule has 0 bridgehead atoms. The van der Waals surface area contributed by atoms with Crippen molar-refractivity contribution in [2.75, 3.05) is 17.4 Å². The number of benzene rings is 3. The van der Waals surface area contributed by atoms with Crippen molar-refractivity contribution in [3.8, 4) is 0 Å². The van der Waals surface area contributed by atoms with Gasteiger partial charge >= 0.3 is 0 Å². The van der Waals surface area contributed by atoms with Crippen LogP contribution in [0.5, 0.6) is 0 Å². The highest BCUT2D eigenvalue weighted by Gasteiger charge is 2.15. The van der Waals surface area contributed by atoms with E-state index in [-0.39, 0.29) is 12.5 Å². The highest BCUT2D eigenvalue weighted by atomic mass is 35.5. The molecule has 7 nitrogen and oxygen atoms in total. The minimum Gasteiger partial charge on any atom is -0.352 e. The second-order valence-electron chi connectivity index (χ2n) is 7.90. The van der Waals surface area contributed by atoms with Gasteiger partial charge in [-0.15, -0.1) is 0 Å². The molecule has 3 aromatic carbocycles. The van der Waals surface area contributed by atoms with Gasteiger partial charge in [-0.25, -0.2) is 9.19 Å². The molecule has 1 amide bonds. The summed E-state index contributed by atoms with van der Waals surface area (Å²) in [5.41, 5.74) is 3.71. The first-order chi connectivity index (χ1) is 16.9. The highest BCUT2D eigenvalue weighted by Crippen LogP contribution is 2.27. The molecule has 0 saturated carbocycles. The smallest absolute Gasteiger partial charge is 0.261 e. The van der Waals surface area contributed by atoms with Gasteiger partial charge in [0.05, 0.1) is 26.8 Å². The van der Waals surface area contributed by atoms with Crippen molar-refractivity contribution in [1.29, 1.82) is 0 Å². The zero-order valence-electron chi connectivity index (χ0n) is 18.7. The van der Waals surface area contributed by atoms with Crippen LogP contribution in [-0.4, -0.2) is 37.7 Å². The summed E-state index contributed by atoms with van der Waals surface area (Å²) in [7, 11) is 0. The van der Waals surface area contributed by atoms with Crippen molar-refractivity contribution in [3.05, 3.63) is 93.7 Å². The first-order valence-electron chi connectivity index (χ1n) is 11.1. The van der Waals surface area contributed by atoms with Gasteiger partial charge in [0.15, 0.2) is 0 Å². The molecule has 1 heterocycles. The maximum atomic E-state index is 12.5. The van der Waals surface area contributed by atoms with Gasteiger partial charge in [0.25, 0.3) is 17.2 Å². The molecule has 35 heavy (non-hydrogen) atoms. The number of hydrogen-bond donors (Lipinski definition) is 3. The number of nitrogens with one attached hydrogen (secondary N) is 2. The lowest BCUT2D eigenvalue weighted by Crippen LogP contribution is -2.28. The number of anilines is 1. The van der Waals surface area contributed by atoms with E-state index < -0.39 is 11.3 Å².